The number of ether oxygens (including phenoxy) is 3. The van der Waals surface area contributed by atoms with Gasteiger partial charge in [-0.1, -0.05) is 42.5 Å². The van der Waals surface area contributed by atoms with Crippen molar-refractivity contribution in [1.29, 1.82) is 0 Å². The fourth-order valence-corrected chi connectivity index (χ4v) is 11.6. The molecule has 5 aromatic heterocycles. The number of rotatable bonds is 15. The number of benzene rings is 3. The van der Waals surface area contributed by atoms with E-state index in [0.29, 0.717) is 38.0 Å². The van der Waals surface area contributed by atoms with Crippen molar-refractivity contribution in [3.05, 3.63) is 173 Å². The van der Waals surface area contributed by atoms with E-state index < -0.39 is 0 Å². The average molecular weight is 892 g/mol. The van der Waals surface area contributed by atoms with Gasteiger partial charge in [-0.2, -0.15) is 0 Å². The van der Waals surface area contributed by atoms with Crippen LogP contribution in [0.2, 0.25) is 0 Å². The SMILES string of the molecule is COc1ccccc1Cn1cnc2sc3c(c2c1=O)CCC(NCc1cccc(OCc2ccc(Cn4cnc5sc6c(c5c4=O)CCC(NCc4ccncc4)C6)c(OC)c2)c1)C3. The molecule has 0 saturated heterocycles. The highest BCUT2D eigenvalue weighted by molar-refractivity contribution is 7.19. The fraction of sp³-hybridized carbons (Fsp3) is 0.300. The fourth-order valence-electron chi connectivity index (χ4n) is 9.12. The van der Waals surface area contributed by atoms with E-state index >= 15 is 0 Å². The molecule has 0 amide bonds. The molecule has 14 heteroatoms. The second kappa shape index (κ2) is 18.5. The average Bonchev–Trinajstić information content (AvgIpc) is 3.90. The van der Waals surface area contributed by atoms with Crippen LogP contribution in [-0.2, 0) is 58.5 Å². The molecule has 2 aliphatic rings. The molecule has 0 fully saturated rings. The monoisotopic (exact) mass is 891 g/mol. The van der Waals surface area contributed by atoms with Gasteiger partial charge in [-0.05, 0) is 103 Å². The maximum absolute atomic E-state index is 13.9. The molecule has 0 bridgehead atoms. The van der Waals surface area contributed by atoms with Crippen LogP contribution in [0.3, 0.4) is 0 Å². The Bertz CT molecular complexity index is 3090. The van der Waals surface area contributed by atoms with E-state index in [4.69, 9.17) is 24.2 Å². The molecule has 3 aromatic carbocycles. The van der Waals surface area contributed by atoms with Gasteiger partial charge in [0, 0.05) is 58.4 Å². The summed E-state index contributed by atoms with van der Waals surface area (Å²) >= 11 is 3.29. The van der Waals surface area contributed by atoms with Crippen LogP contribution in [0.15, 0.2) is 114 Å². The summed E-state index contributed by atoms with van der Waals surface area (Å²) in [5.41, 5.74) is 7.46. The van der Waals surface area contributed by atoms with E-state index in [-0.39, 0.29) is 17.2 Å². The first-order valence-corrected chi connectivity index (χ1v) is 23.4. The maximum Gasteiger partial charge on any atom is 0.262 e. The highest BCUT2D eigenvalue weighted by Gasteiger charge is 2.27. The Morgan fingerprint density at radius 3 is 1.91 bits per heavy atom. The minimum absolute atomic E-state index is 0.00566. The molecule has 8 aromatic rings. The number of thiophene rings is 2. The largest absolute Gasteiger partial charge is 0.496 e. The summed E-state index contributed by atoms with van der Waals surface area (Å²) < 4.78 is 21.0. The first kappa shape index (κ1) is 41.8. The third-order valence-electron chi connectivity index (χ3n) is 12.5. The van der Waals surface area contributed by atoms with Crippen LogP contribution >= 0.6 is 22.7 Å². The minimum Gasteiger partial charge on any atom is -0.496 e. The van der Waals surface area contributed by atoms with Gasteiger partial charge in [-0.3, -0.25) is 23.7 Å². The predicted octanol–water partition coefficient (Wildman–Crippen LogP) is 7.61. The Balaban J connectivity index is 0.748. The number of nitrogens with one attached hydrogen (secondary N) is 2. The normalized spacial score (nSPS) is 15.8. The van der Waals surface area contributed by atoms with Gasteiger partial charge in [-0.15, -0.1) is 22.7 Å². The Labute approximate surface area is 378 Å². The molecule has 5 heterocycles. The predicted molar refractivity (Wildman–Crippen MR) is 252 cm³/mol. The molecule has 0 spiro atoms. The second-order valence-corrected chi connectivity index (χ2v) is 18.8. The van der Waals surface area contributed by atoms with Gasteiger partial charge in [0.25, 0.3) is 11.1 Å². The van der Waals surface area contributed by atoms with Crippen molar-refractivity contribution in [2.45, 2.75) is 83.4 Å². The molecule has 0 aliphatic heterocycles. The zero-order valence-corrected chi connectivity index (χ0v) is 37.5. The van der Waals surface area contributed by atoms with Crippen LogP contribution < -0.4 is 36.0 Å². The molecular formula is C50H49N7O5S2. The number of para-hydroxylation sites is 1. The Kier molecular flexibility index (Phi) is 12.1. The molecule has 0 radical (unpaired) electrons. The van der Waals surface area contributed by atoms with Crippen molar-refractivity contribution in [1.82, 2.24) is 34.7 Å². The number of methoxy groups -OCH3 is 2. The highest BCUT2D eigenvalue weighted by atomic mass is 32.1. The number of fused-ring (bicyclic) bond motifs is 6. The van der Waals surface area contributed by atoms with E-state index in [2.05, 4.69) is 27.8 Å². The Hall–Kier alpha value is -6.19. The van der Waals surface area contributed by atoms with Crippen molar-refractivity contribution < 1.29 is 14.2 Å². The van der Waals surface area contributed by atoms with Crippen molar-refractivity contribution in [3.63, 3.8) is 0 Å². The first-order valence-electron chi connectivity index (χ1n) is 21.7. The smallest absolute Gasteiger partial charge is 0.262 e. The van der Waals surface area contributed by atoms with Crippen molar-refractivity contribution in [2.24, 2.45) is 0 Å². The number of hydrogen-bond donors (Lipinski definition) is 2. The van der Waals surface area contributed by atoms with Gasteiger partial charge in [0.1, 0.15) is 33.5 Å². The van der Waals surface area contributed by atoms with Crippen LogP contribution in [0, 0.1) is 0 Å². The topological polar surface area (TPSA) is 134 Å². The lowest BCUT2D eigenvalue weighted by Gasteiger charge is -2.23. The lowest BCUT2D eigenvalue weighted by Crippen LogP contribution is -2.33. The van der Waals surface area contributed by atoms with Gasteiger partial charge in [0.05, 0.1) is 50.7 Å². The first-order chi connectivity index (χ1) is 31.4. The van der Waals surface area contributed by atoms with Crippen LogP contribution in [0.1, 0.15) is 61.5 Å². The van der Waals surface area contributed by atoms with E-state index in [9.17, 15) is 9.59 Å². The Morgan fingerprint density at radius 1 is 0.656 bits per heavy atom. The van der Waals surface area contributed by atoms with E-state index in [1.807, 2.05) is 79.1 Å². The molecule has 2 unspecified atom stereocenters. The molecule has 64 heavy (non-hydrogen) atoms. The zero-order chi connectivity index (χ0) is 43.6. The molecule has 2 aliphatic carbocycles. The number of aromatic nitrogens is 5. The third-order valence-corrected chi connectivity index (χ3v) is 14.9. The summed E-state index contributed by atoms with van der Waals surface area (Å²) in [7, 11) is 3.30. The summed E-state index contributed by atoms with van der Waals surface area (Å²) in [5.74, 6) is 2.25. The van der Waals surface area contributed by atoms with Gasteiger partial charge < -0.3 is 24.8 Å². The molecule has 12 nitrogen and oxygen atoms in total. The van der Waals surface area contributed by atoms with Gasteiger partial charge >= 0.3 is 0 Å². The summed E-state index contributed by atoms with van der Waals surface area (Å²) in [6, 6.07) is 26.7. The molecule has 326 valence electrons. The van der Waals surface area contributed by atoms with E-state index in [0.717, 1.165) is 110 Å². The van der Waals surface area contributed by atoms with Gasteiger partial charge in [0.15, 0.2) is 0 Å². The Morgan fingerprint density at radius 2 is 1.27 bits per heavy atom. The summed E-state index contributed by atoms with van der Waals surface area (Å²) in [6.45, 7) is 2.64. The molecule has 10 rings (SSSR count). The summed E-state index contributed by atoms with van der Waals surface area (Å²) in [4.78, 5) is 45.4. The number of pyridine rings is 1. The molecule has 2 atom stereocenters. The van der Waals surface area contributed by atoms with E-state index in [1.165, 1.54) is 15.3 Å². The lowest BCUT2D eigenvalue weighted by molar-refractivity contribution is 0.304. The highest BCUT2D eigenvalue weighted by Crippen LogP contribution is 2.36. The minimum atomic E-state index is -0.00708. The molecular weight excluding hydrogens is 843 g/mol. The van der Waals surface area contributed by atoms with Crippen molar-refractivity contribution in [3.8, 4) is 17.2 Å². The number of aryl methyl sites for hydroxylation is 2. The van der Waals surface area contributed by atoms with Crippen LogP contribution in [-0.4, -0.2) is 50.4 Å². The maximum atomic E-state index is 13.9. The second-order valence-electron chi connectivity index (χ2n) is 16.6. The van der Waals surface area contributed by atoms with Crippen molar-refractivity contribution >= 4 is 43.1 Å². The van der Waals surface area contributed by atoms with E-state index in [1.54, 1.807) is 58.7 Å². The van der Waals surface area contributed by atoms with Gasteiger partial charge in [-0.25, -0.2) is 9.97 Å². The van der Waals surface area contributed by atoms with Crippen LogP contribution in [0.25, 0.3) is 20.4 Å². The molecule has 0 saturated carbocycles. The molecule has 2 N–H and O–H groups in total. The van der Waals surface area contributed by atoms with Crippen LogP contribution in [0.5, 0.6) is 17.2 Å². The zero-order valence-electron chi connectivity index (χ0n) is 35.8. The summed E-state index contributed by atoms with van der Waals surface area (Å²) in [6.07, 6.45) is 12.3. The van der Waals surface area contributed by atoms with Crippen LogP contribution in [0.4, 0.5) is 0 Å². The standard InChI is InChI=1S/C50H49N7O5S2/c1-60-41-9-4-3-7-34(41)26-56-29-54-47-45(49(56)58)40-15-13-37(23-44(40)64-47)53-25-32-6-5-8-38(20-32)62-28-33-10-11-35(42(21-33)61-2)27-57-30-55-48-46(50(57)59)39-14-12-36(22-43(39)63-48)52-24-31-16-18-51-19-17-31/h3-11,16-21,29-30,36-37,52-53H,12-15,22-28H2,1-2H3. The lowest BCUT2D eigenvalue weighted by atomic mass is 9.93. The summed E-state index contributed by atoms with van der Waals surface area (Å²) in [5, 5.41) is 8.97. The van der Waals surface area contributed by atoms with Gasteiger partial charge in [0.2, 0.25) is 0 Å². The number of hydrogen-bond acceptors (Lipinski definition) is 12. The third kappa shape index (κ3) is 8.70. The quantitative estimate of drug-likeness (QED) is 0.106. The van der Waals surface area contributed by atoms with Crippen molar-refractivity contribution in [2.75, 3.05) is 14.2 Å². The number of nitrogens with zero attached hydrogens (tertiary/aromatic N) is 5.